The number of methoxy groups -OCH3 is 4. The number of ether oxygens (including phenoxy) is 6. The van der Waals surface area contributed by atoms with E-state index in [1.807, 2.05) is 33.8 Å². The van der Waals surface area contributed by atoms with Gasteiger partial charge in [0.15, 0.2) is 34.5 Å². The fourth-order valence-electron chi connectivity index (χ4n) is 8.13. The Kier molecular flexibility index (Phi) is 18.4. The predicted octanol–water partition coefficient (Wildman–Crippen LogP) is 11.2. The summed E-state index contributed by atoms with van der Waals surface area (Å²) in [5.41, 5.74) is 7.69. The Morgan fingerprint density at radius 3 is 1.36 bits per heavy atom. The number of rotatable bonds is 16. The van der Waals surface area contributed by atoms with Gasteiger partial charge >= 0.3 is 5.97 Å². The third-order valence-corrected chi connectivity index (χ3v) is 12.5. The molecule has 0 aliphatic heterocycles. The summed E-state index contributed by atoms with van der Waals surface area (Å²) in [6.45, 7) is 7.41. The van der Waals surface area contributed by atoms with Crippen molar-refractivity contribution in [3.8, 4) is 68.5 Å². The minimum absolute atomic E-state index is 0.0876. The molecule has 0 atom stereocenters. The summed E-state index contributed by atoms with van der Waals surface area (Å²) in [7, 11) is 6.28. The molecule has 424 valence electrons. The molecule has 0 fully saturated rings. The number of nitrogens with zero attached hydrogens (tertiary/aromatic N) is 8. The fourth-order valence-corrected chi connectivity index (χ4v) is 8.13. The molecule has 10 aromatic rings. The van der Waals surface area contributed by atoms with E-state index in [4.69, 9.17) is 39.3 Å². The van der Waals surface area contributed by atoms with Gasteiger partial charge in [0.1, 0.15) is 23.1 Å². The summed E-state index contributed by atoms with van der Waals surface area (Å²) < 4.78 is 62.6. The molecule has 0 spiro atoms. The lowest BCUT2D eigenvalue weighted by atomic mass is 10.0. The summed E-state index contributed by atoms with van der Waals surface area (Å²) in [6, 6.07) is 28.1. The molecule has 0 aliphatic carbocycles. The first-order chi connectivity index (χ1) is 39.9. The largest absolute Gasteiger partial charge is 0.493 e. The lowest BCUT2D eigenvalue weighted by molar-refractivity contribution is 0.0685. The van der Waals surface area contributed by atoms with Crippen LogP contribution in [0, 0.1) is 11.6 Å². The van der Waals surface area contributed by atoms with Crippen LogP contribution in [0.4, 0.5) is 14.5 Å². The van der Waals surface area contributed by atoms with E-state index in [2.05, 4.69) is 30.1 Å². The van der Waals surface area contributed by atoms with Crippen LogP contribution in [0.25, 0.3) is 44.1 Å². The van der Waals surface area contributed by atoms with Crippen LogP contribution in [0.1, 0.15) is 66.3 Å². The first kappa shape index (κ1) is 58.5. The third kappa shape index (κ3) is 13.9. The number of carbonyl (C=O) groups is 2. The Hall–Kier alpha value is -10.6. The number of carbonyl (C=O) groups excluding carboxylic acids is 1. The minimum Gasteiger partial charge on any atom is -0.493 e. The topological polar surface area (TPSA) is 257 Å². The van der Waals surface area contributed by atoms with Gasteiger partial charge in [-0.1, -0.05) is 30.3 Å². The number of halogens is 2. The number of benzene rings is 4. The van der Waals surface area contributed by atoms with Crippen molar-refractivity contribution >= 4 is 39.2 Å². The summed E-state index contributed by atoms with van der Waals surface area (Å²) in [6.07, 6.45) is 9.32. The van der Waals surface area contributed by atoms with E-state index in [0.29, 0.717) is 79.5 Å². The molecule has 0 bridgehead atoms. The maximum atomic E-state index is 13.5. The van der Waals surface area contributed by atoms with E-state index in [-0.39, 0.29) is 35.3 Å². The summed E-state index contributed by atoms with van der Waals surface area (Å²) in [4.78, 5) is 66.9. The van der Waals surface area contributed by atoms with Crippen LogP contribution >= 0.6 is 0 Å². The van der Waals surface area contributed by atoms with Gasteiger partial charge in [-0.3, -0.25) is 33.7 Å². The summed E-state index contributed by atoms with van der Waals surface area (Å²) in [5.74, 6) is 1.54. The van der Waals surface area contributed by atoms with Gasteiger partial charge in [-0.2, -0.15) is 10.2 Å². The van der Waals surface area contributed by atoms with Crippen LogP contribution in [0.3, 0.4) is 0 Å². The highest BCUT2D eigenvalue weighted by molar-refractivity contribution is 5.96. The van der Waals surface area contributed by atoms with Crippen LogP contribution in [-0.2, 0) is 6.42 Å². The van der Waals surface area contributed by atoms with Gasteiger partial charge in [0.2, 0.25) is 28.3 Å². The number of nitrogens with two attached hydrogens (primary N) is 1. The number of aromatic carboxylic acids is 1. The highest BCUT2D eigenvalue weighted by Gasteiger charge is 2.22. The molecule has 0 amide bonds. The average Bonchev–Trinajstić information content (AvgIpc) is 3.68. The molecule has 4 aromatic carbocycles. The fraction of sp³-hybridized carbons (Fsp3) is 0.180. The Bertz CT molecular complexity index is 4090. The number of carboxylic acid groups (broad SMARTS) is 1. The number of fused-ring (bicyclic) bond motifs is 2. The molecule has 83 heavy (non-hydrogen) atoms. The van der Waals surface area contributed by atoms with Gasteiger partial charge < -0.3 is 39.3 Å². The SMILES string of the molecule is CC(C)n1cc(-c2ccc(F)cc2)c(=O)c(C(=O)O)n1.COc1cc2nccc(Oc3ccc(CC(=O)c4nn(C(C)C)cc(-c5ccc(F)cc5)c4=O)cn3)c2cc1OC.COc1cc2nccc(Oc3ccc(N)cn3)c2cc1OC. The lowest BCUT2D eigenvalue weighted by Crippen LogP contribution is -2.25. The van der Waals surface area contributed by atoms with E-state index >= 15 is 0 Å². The zero-order valence-corrected chi connectivity index (χ0v) is 46.2. The molecule has 0 saturated heterocycles. The smallest absolute Gasteiger partial charge is 0.360 e. The number of aromatic nitrogens is 8. The van der Waals surface area contributed by atoms with Crippen molar-refractivity contribution in [2.24, 2.45) is 0 Å². The molecule has 0 aliphatic rings. The summed E-state index contributed by atoms with van der Waals surface area (Å²) in [5, 5.41) is 18.7. The Morgan fingerprint density at radius 1 is 0.542 bits per heavy atom. The van der Waals surface area contributed by atoms with Crippen LogP contribution in [0.2, 0.25) is 0 Å². The molecule has 0 saturated carbocycles. The molecular weight excluding hydrogens is 1070 g/mol. The van der Waals surface area contributed by atoms with E-state index in [1.54, 1.807) is 113 Å². The first-order valence-electron chi connectivity index (χ1n) is 25.5. The number of hydrogen-bond donors (Lipinski definition) is 2. The molecule has 0 radical (unpaired) electrons. The first-order valence-corrected chi connectivity index (χ1v) is 25.5. The molecule has 3 N–H and O–H groups in total. The predicted molar refractivity (Wildman–Crippen MR) is 306 cm³/mol. The Labute approximate surface area is 473 Å². The second-order valence-electron chi connectivity index (χ2n) is 18.7. The van der Waals surface area contributed by atoms with Gasteiger partial charge in [-0.25, -0.2) is 23.5 Å². The van der Waals surface area contributed by atoms with E-state index in [1.165, 1.54) is 65.6 Å². The average molecular weight is 1130 g/mol. The Morgan fingerprint density at radius 2 is 0.964 bits per heavy atom. The monoisotopic (exact) mass is 1130 g/mol. The number of hydrogen-bond acceptors (Lipinski definition) is 17. The number of pyridine rings is 4. The standard InChI is InChI=1S/C31H27FN4O5.C16H15N3O3.C14H13FN2O3/c1-18(2)36-17-23(20-6-8-21(32)9-7-20)31(38)30(35-36)25(37)13-19-5-10-29(34-16-19)41-26-11-12-33-24-15-28(40-4)27(39-3)14-22(24)26;1-20-14-7-11-12(8-15(14)21-2)18-6-5-13(11)22-16-4-3-10(17)9-19-16;1-8(2)17-7-11(9-3-5-10(15)6-4-9)13(18)12(16-17)14(19)20/h5-12,14-18H,13H2,1-4H3;3-9H,17H2,1-2H3;3-8H,1-2H3,(H,19,20). The van der Waals surface area contributed by atoms with Crippen molar-refractivity contribution in [2.45, 2.75) is 46.2 Å². The molecule has 22 heteroatoms. The zero-order chi connectivity index (χ0) is 59.5. The van der Waals surface area contributed by atoms with Gasteiger partial charge in [0.05, 0.1) is 51.4 Å². The number of nitrogen functional groups attached to an aromatic ring is 1. The van der Waals surface area contributed by atoms with Gasteiger partial charge in [0, 0.05) is 95.7 Å². The van der Waals surface area contributed by atoms with E-state index in [9.17, 15) is 28.0 Å². The third-order valence-electron chi connectivity index (χ3n) is 12.5. The lowest BCUT2D eigenvalue weighted by Gasteiger charge is -2.14. The van der Waals surface area contributed by atoms with Gasteiger partial charge in [-0.15, -0.1) is 0 Å². The number of ketones is 1. The second kappa shape index (κ2) is 26.1. The quantitative estimate of drug-likeness (QED) is 0.0852. The van der Waals surface area contributed by atoms with E-state index in [0.717, 1.165) is 10.9 Å². The molecule has 20 nitrogen and oxygen atoms in total. The maximum Gasteiger partial charge on any atom is 0.360 e. The van der Waals surface area contributed by atoms with Crippen molar-refractivity contribution in [2.75, 3.05) is 34.2 Å². The van der Waals surface area contributed by atoms with Gasteiger partial charge in [0.25, 0.3) is 0 Å². The number of Topliss-reactive ketones (excluding diaryl/α,β-unsaturated/α-hetero) is 1. The highest BCUT2D eigenvalue weighted by atomic mass is 19.1. The molecule has 6 aromatic heterocycles. The van der Waals surface area contributed by atoms with E-state index < -0.39 is 39.9 Å². The Balaban J connectivity index is 0.000000180. The second-order valence-corrected chi connectivity index (χ2v) is 18.7. The molecule has 0 unspecified atom stereocenters. The number of carboxylic acids is 1. The van der Waals surface area contributed by atoms with Gasteiger partial charge in [-0.05, 0) is 99.0 Å². The zero-order valence-electron chi connectivity index (χ0n) is 46.2. The molecule has 10 rings (SSSR count). The minimum atomic E-state index is -1.38. The molecule has 6 heterocycles. The number of anilines is 1. The molecular formula is C61H55F2N9O11. The highest BCUT2D eigenvalue weighted by Crippen LogP contribution is 2.38. The summed E-state index contributed by atoms with van der Waals surface area (Å²) >= 11 is 0. The van der Waals surface area contributed by atoms with Crippen LogP contribution in [0.15, 0.2) is 156 Å². The van der Waals surface area contributed by atoms with Crippen molar-refractivity contribution < 1.29 is 51.9 Å². The van der Waals surface area contributed by atoms with Crippen molar-refractivity contribution in [3.63, 3.8) is 0 Å². The normalized spacial score (nSPS) is 10.8. The van der Waals surface area contributed by atoms with Crippen LogP contribution in [-0.4, -0.2) is 84.8 Å². The maximum absolute atomic E-state index is 13.5. The van der Waals surface area contributed by atoms with Crippen molar-refractivity contribution in [3.05, 3.63) is 195 Å². The van der Waals surface area contributed by atoms with Crippen molar-refractivity contribution in [1.82, 2.24) is 39.5 Å². The van der Waals surface area contributed by atoms with Crippen molar-refractivity contribution in [1.29, 1.82) is 0 Å². The van der Waals surface area contributed by atoms with Crippen LogP contribution in [0.5, 0.6) is 46.3 Å². The van der Waals surface area contributed by atoms with Crippen LogP contribution < -0.4 is 45.0 Å².